The van der Waals surface area contributed by atoms with E-state index >= 15 is 0 Å². The lowest BCUT2D eigenvalue weighted by atomic mass is 9.90. The van der Waals surface area contributed by atoms with E-state index in [1.165, 1.54) is 4.90 Å². The average Bonchev–Trinajstić information content (AvgIpc) is 2.57. The Bertz CT molecular complexity index is 761. The van der Waals surface area contributed by atoms with Gasteiger partial charge >= 0.3 is 0 Å². The molecule has 0 saturated heterocycles. The minimum atomic E-state index is -1.25. The van der Waals surface area contributed by atoms with Crippen LogP contribution in [0.4, 0.5) is 11.4 Å². The van der Waals surface area contributed by atoms with E-state index in [1.54, 1.807) is 39.1 Å². The molecule has 0 fully saturated rings. The van der Waals surface area contributed by atoms with E-state index in [0.29, 0.717) is 15.7 Å². The number of amides is 2. The van der Waals surface area contributed by atoms with Gasteiger partial charge in [-0.3, -0.25) is 9.59 Å². The molecule has 0 saturated carbocycles. The Hall–Kier alpha value is -2.04. The van der Waals surface area contributed by atoms with Crippen molar-refractivity contribution in [1.29, 1.82) is 0 Å². The highest BCUT2D eigenvalue weighted by molar-refractivity contribution is 6.42. The molecule has 126 valence electrons. The van der Waals surface area contributed by atoms with Crippen molar-refractivity contribution in [1.82, 2.24) is 0 Å². The fourth-order valence-electron chi connectivity index (χ4n) is 2.15. The van der Waals surface area contributed by atoms with Gasteiger partial charge in [-0.05, 0) is 44.2 Å². The van der Waals surface area contributed by atoms with Crippen molar-refractivity contribution in [2.45, 2.75) is 13.8 Å². The van der Waals surface area contributed by atoms with Gasteiger partial charge < -0.3 is 10.2 Å². The molecule has 0 aliphatic rings. The van der Waals surface area contributed by atoms with Gasteiger partial charge in [0, 0.05) is 18.4 Å². The predicted molar refractivity (Wildman–Crippen MR) is 98.7 cm³/mol. The fourth-order valence-corrected chi connectivity index (χ4v) is 2.44. The topological polar surface area (TPSA) is 49.4 Å². The molecule has 6 heteroatoms. The number of rotatable bonds is 4. The Labute approximate surface area is 151 Å². The van der Waals surface area contributed by atoms with Crippen molar-refractivity contribution < 1.29 is 9.59 Å². The molecule has 0 aliphatic heterocycles. The standard InChI is InChI=1S/C18H18Cl2N2O2/c1-18(2,17(24)22(3)13-7-5-4-6-8-13)16(23)21-12-9-10-14(19)15(20)11-12/h4-11H,1-3H3,(H,21,23). The highest BCUT2D eigenvalue weighted by atomic mass is 35.5. The van der Waals surface area contributed by atoms with Gasteiger partial charge in [-0.1, -0.05) is 41.4 Å². The van der Waals surface area contributed by atoms with Crippen molar-refractivity contribution in [3.05, 3.63) is 58.6 Å². The molecular weight excluding hydrogens is 347 g/mol. The van der Waals surface area contributed by atoms with Crippen LogP contribution in [-0.2, 0) is 9.59 Å². The van der Waals surface area contributed by atoms with Crippen LogP contribution in [0.5, 0.6) is 0 Å². The molecule has 0 heterocycles. The number of nitrogens with zero attached hydrogens (tertiary/aromatic N) is 1. The molecule has 0 bridgehead atoms. The zero-order valence-corrected chi connectivity index (χ0v) is 15.2. The van der Waals surface area contributed by atoms with Crippen LogP contribution in [0.1, 0.15) is 13.8 Å². The molecule has 24 heavy (non-hydrogen) atoms. The number of halogens is 2. The Kier molecular flexibility index (Phi) is 5.52. The smallest absolute Gasteiger partial charge is 0.241 e. The van der Waals surface area contributed by atoms with E-state index in [2.05, 4.69) is 5.32 Å². The molecule has 4 nitrogen and oxygen atoms in total. The normalized spacial score (nSPS) is 11.0. The molecular formula is C18H18Cl2N2O2. The number of benzene rings is 2. The molecule has 2 amide bonds. The number of carbonyl (C=O) groups excluding carboxylic acids is 2. The van der Waals surface area contributed by atoms with E-state index in [1.807, 2.05) is 30.3 Å². The van der Waals surface area contributed by atoms with Crippen LogP contribution in [0.15, 0.2) is 48.5 Å². The predicted octanol–water partition coefficient (Wildman–Crippen LogP) is 4.62. The van der Waals surface area contributed by atoms with Crippen LogP contribution >= 0.6 is 23.2 Å². The molecule has 0 atom stereocenters. The summed E-state index contributed by atoms with van der Waals surface area (Å²) < 4.78 is 0. The molecule has 2 aromatic rings. The van der Waals surface area contributed by atoms with Gasteiger partial charge in [-0.2, -0.15) is 0 Å². The van der Waals surface area contributed by atoms with Gasteiger partial charge in [0.1, 0.15) is 5.41 Å². The summed E-state index contributed by atoms with van der Waals surface area (Å²) in [5.41, 5.74) is -0.0491. The number of hydrogen-bond donors (Lipinski definition) is 1. The highest BCUT2D eigenvalue weighted by Gasteiger charge is 2.38. The third-order valence-corrected chi connectivity index (χ3v) is 4.47. The van der Waals surface area contributed by atoms with Gasteiger partial charge in [0.15, 0.2) is 0 Å². The van der Waals surface area contributed by atoms with Crippen molar-refractivity contribution >= 4 is 46.4 Å². The summed E-state index contributed by atoms with van der Waals surface area (Å²) in [7, 11) is 1.64. The lowest BCUT2D eigenvalue weighted by molar-refractivity contribution is -0.136. The Morgan fingerprint density at radius 3 is 2.21 bits per heavy atom. The molecule has 0 aromatic heterocycles. The molecule has 0 unspecified atom stereocenters. The summed E-state index contributed by atoms with van der Waals surface area (Å²) in [6.45, 7) is 3.17. The van der Waals surface area contributed by atoms with Crippen molar-refractivity contribution in [3.8, 4) is 0 Å². The zero-order chi connectivity index (χ0) is 17.9. The molecule has 1 N–H and O–H groups in total. The van der Waals surface area contributed by atoms with E-state index < -0.39 is 11.3 Å². The fraction of sp³-hybridized carbons (Fsp3) is 0.222. The first-order chi connectivity index (χ1) is 11.2. The van der Waals surface area contributed by atoms with Crippen LogP contribution < -0.4 is 10.2 Å². The summed E-state index contributed by atoms with van der Waals surface area (Å²) >= 11 is 11.8. The van der Waals surface area contributed by atoms with Crippen LogP contribution in [0.25, 0.3) is 0 Å². The number of carbonyl (C=O) groups is 2. The van der Waals surface area contributed by atoms with Crippen LogP contribution in [0.3, 0.4) is 0 Å². The summed E-state index contributed by atoms with van der Waals surface area (Å²) in [5.74, 6) is -0.736. The lowest BCUT2D eigenvalue weighted by Gasteiger charge is -2.28. The second-order valence-electron chi connectivity index (χ2n) is 5.91. The zero-order valence-electron chi connectivity index (χ0n) is 13.6. The highest BCUT2D eigenvalue weighted by Crippen LogP contribution is 2.28. The van der Waals surface area contributed by atoms with Gasteiger partial charge in [0.2, 0.25) is 11.8 Å². The minimum Gasteiger partial charge on any atom is -0.325 e. The SMILES string of the molecule is CN(C(=O)C(C)(C)C(=O)Nc1ccc(Cl)c(Cl)c1)c1ccccc1. The lowest BCUT2D eigenvalue weighted by Crippen LogP contribution is -2.46. The minimum absolute atomic E-state index is 0.314. The summed E-state index contributed by atoms with van der Waals surface area (Å²) in [4.78, 5) is 26.8. The maximum atomic E-state index is 12.7. The number of para-hydroxylation sites is 1. The quantitative estimate of drug-likeness (QED) is 0.804. The third-order valence-electron chi connectivity index (χ3n) is 3.73. The second-order valence-corrected chi connectivity index (χ2v) is 6.72. The van der Waals surface area contributed by atoms with E-state index in [-0.39, 0.29) is 5.91 Å². The van der Waals surface area contributed by atoms with Crippen molar-refractivity contribution in [2.75, 3.05) is 17.3 Å². The molecule has 0 spiro atoms. The third kappa shape index (κ3) is 3.89. The Balaban J connectivity index is 2.17. The summed E-state index contributed by atoms with van der Waals surface area (Å²) in [6.07, 6.45) is 0. The molecule has 0 radical (unpaired) electrons. The van der Waals surface area contributed by atoms with Gasteiger partial charge in [-0.15, -0.1) is 0 Å². The average molecular weight is 365 g/mol. The van der Waals surface area contributed by atoms with Crippen LogP contribution in [-0.4, -0.2) is 18.9 Å². The van der Waals surface area contributed by atoms with E-state index in [4.69, 9.17) is 23.2 Å². The first-order valence-electron chi connectivity index (χ1n) is 7.33. The first kappa shape index (κ1) is 18.3. The summed E-state index contributed by atoms with van der Waals surface area (Å²) in [6, 6.07) is 13.9. The summed E-state index contributed by atoms with van der Waals surface area (Å²) in [5, 5.41) is 3.44. The van der Waals surface area contributed by atoms with Gasteiger partial charge in [0.05, 0.1) is 10.0 Å². The number of anilines is 2. The van der Waals surface area contributed by atoms with Gasteiger partial charge in [-0.25, -0.2) is 0 Å². The number of nitrogens with one attached hydrogen (secondary N) is 1. The Morgan fingerprint density at radius 2 is 1.62 bits per heavy atom. The molecule has 0 aliphatic carbocycles. The Morgan fingerprint density at radius 1 is 1.00 bits per heavy atom. The number of hydrogen-bond acceptors (Lipinski definition) is 2. The molecule has 2 aromatic carbocycles. The van der Waals surface area contributed by atoms with Gasteiger partial charge in [0.25, 0.3) is 0 Å². The maximum Gasteiger partial charge on any atom is 0.241 e. The van der Waals surface area contributed by atoms with Crippen LogP contribution in [0.2, 0.25) is 10.0 Å². The maximum absolute atomic E-state index is 12.7. The monoisotopic (exact) mass is 364 g/mol. The van der Waals surface area contributed by atoms with Crippen molar-refractivity contribution in [3.63, 3.8) is 0 Å². The van der Waals surface area contributed by atoms with E-state index in [9.17, 15) is 9.59 Å². The van der Waals surface area contributed by atoms with Crippen molar-refractivity contribution in [2.24, 2.45) is 5.41 Å². The second kappa shape index (κ2) is 7.24. The first-order valence-corrected chi connectivity index (χ1v) is 8.09. The van der Waals surface area contributed by atoms with E-state index in [0.717, 1.165) is 5.69 Å². The van der Waals surface area contributed by atoms with Crippen LogP contribution in [0, 0.1) is 5.41 Å². The molecule has 2 rings (SSSR count). The largest absolute Gasteiger partial charge is 0.325 e.